The Balaban J connectivity index is 1.52. The molecule has 6 rings (SSSR count). The van der Waals surface area contributed by atoms with Crippen molar-refractivity contribution in [2.45, 2.75) is 64.7 Å². The molecule has 3 heterocycles. The highest BCUT2D eigenvalue weighted by Gasteiger charge is 2.37. The molecule has 1 atom stereocenters. The minimum Gasteiger partial charge on any atom is -0.475 e. The second kappa shape index (κ2) is 13.5. The highest BCUT2D eigenvalue weighted by molar-refractivity contribution is 7.92. The van der Waals surface area contributed by atoms with E-state index in [1.807, 2.05) is 52.8 Å². The topological polar surface area (TPSA) is 130 Å². The molecule has 5 aromatic rings. The second-order valence-corrected chi connectivity index (χ2v) is 15.5. The van der Waals surface area contributed by atoms with Gasteiger partial charge in [0, 0.05) is 29.3 Å². The van der Waals surface area contributed by atoms with Gasteiger partial charge in [-0.3, -0.25) is 9.89 Å². The molecule has 0 radical (unpaired) electrons. The number of aryl methyl sites for hydroxylation is 2. The number of carbonyl (C=O) groups excluding carboxylic acids is 1. The van der Waals surface area contributed by atoms with Gasteiger partial charge in [0.25, 0.3) is 15.9 Å². The van der Waals surface area contributed by atoms with E-state index in [1.54, 1.807) is 30.3 Å². The molecule has 1 amide bonds. The van der Waals surface area contributed by atoms with Crippen LogP contribution in [0.1, 0.15) is 59.9 Å². The van der Waals surface area contributed by atoms with Crippen molar-refractivity contribution in [1.82, 2.24) is 25.1 Å². The minimum absolute atomic E-state index is 0.0663. The Morgan fingerprint density at radius 3 is 2.33 bits per heavy atom. The standard InChI is InChI=1S/C37H37F3N6O4S/c1-22-10-8-11-23(2)32(22)30-17-31-43-35(42-30)45-51(48,49)27-14-9-13-24(16-27)34(47)46(26(21-50-31)18-36(3,4)5)20-25-12-6-7-15-28(25)29-19-41-44-33(29)37(38,39)40/h6-17,19,26H,18,20-21H2,1-5H3,(H,41,44)(H,42,43,45)/t26-/m1/s1. The molecular formula is C37H37F3N6O4S. The monoisotopic (exact) mass is 718 g/mol. The summed E-state index contributed by atoms with van der Waals surface area (Å²) >= 11 is 0. The molecule has 1 aliphatic rings. The second-order valence-electron chi connectivity index (χ2n) is 13.8. The predicted octanol–water partition coefficient (Wildman–Crippen LogP) is 7.81. The van der Waals surface area contributed by atoms with Crippen LogP contribution in [0.3, 0.4) is 0 Å². The van der Waals surface area contributed by atoms with Gasteiger partial charge in [0.15, 0.2) is 0 Å². The zero-order valence-corrected chi connectivity index (χ0v) is 29.5. The quantitative estimate of drug-likeness (QED) is 0.190. The molecule has 266 valence electrons. The molecular weight excluding hydrogens is 682 g/mol. The van der Waals surface area contributed by atoms with E-state index in [-0.39, 0.29) is 52.0 Å². The van der Waals surface area contributed by atoms with E-state index < -0.39 is 33.8 Å². The summed E-state index contributed by atoms with van der Waals surface area (Å²) in [4.78, 5) is 24.9. The number of halogens is 3. The number of ether oxygens (including phenoxy) is 1. The summed E-state index contributed by atoms with van der Waals surface area (Å²) in [5, 5.41) is 5.74. The number of nitrogens with one attached hydrogen (secondary N) is 2. The molecule has 0 unspecified atom stereocenters. The Hall–Kier alpha value is -5.24. The average Bonchev–Trinajstić information content (AvgIpc) is 3.56. The first-order chi connectivity index (χ1) is 24.0. The van der Waals surface area contributed by atoms with Gasteiger partial charge in [0.1, 0.15) is 12.3 Å². The molecule has 0 fully saturated rings. The highest BCUT2D eigenvalue weighted by atomic mass is 32.2. The van der Waals surface area contributed by atoms with Gasteiger partial charge in [0.2, 0.25) is 11.8 Å². The molecule has 0 aliphatic carbocycles. The summed E-state index contributed by atoms with van der Waals surface area (Å²) in [5.74, 6) is -0.665. The van der Waals surface area contributed by atoms with Gasteiger partial charge in [0.05, 0.1) is 22.8 Å². The van der Waals surface area contributed by atoms with Crippen LogP contribution in [0.5, 0.6) is 5.88 Å². The smallest absolute Gasteiger partial charge is 0.433 e. The normalized spacial score (nSPS) is 16.4. The molecule has 0 saturated carbocycles. The molecule has 3 aromatic carbocycles. The van der Waals surface area contributed by atoms with Gasteiger partial charge < -0.3 is 9.64 Å². The number of hydrogen-bond donors (Lipinski definition) is 2. The van der Waals surface area contributed by atoms with Gasteiger partial charge in [-0.15, -0.1) is 0 Å². The molecule has 1 aliphatic heterocycles. The summed E-state index contributed by atoms with van der Waals surface area (Å²) < 4.78 is 78.2. The fourth-order valence-electron chi connectivity index (χ4n) is 6.36. The Bertz CT molecular complexity index is 2190. The van der Waals surface area contributed by atoms with Crippen molar-refractivity contribution in [1.29, 1.82) is 0 Å². The van der Waals surface area contributed by atoms with Gasteiger partial charge >= 0.3 is 6.18 Å². The van der Waals surface area contributed by atoms with Crippen LogP contribution in [0, 0.1) is 19.3 Å². The number of carbonyl (C=O) groups is 1. The van der Waals surface area contributed by atoms with Crippen LogP contribution < -0.4 is 9.46 Å². The van der Waals surface area contributed by atoms with Crippen LogP contribution >= 0.6 is 0 Å². The predicted molar refractivity (Wildman–Crippen MR) is 186 cm³/mol. The maximum Gasteiger partial charge on any atom is 0.433 e. The van der Waals surface area contributed by atoms with Crippen molar-refractivity contribution in [3.05, 3.63) is 107 Å². The fourth-order valence-corrected chi connectivity index (χ4v) is 7.35. The zero-order chi connectivity index (χ0) is 36.7. The number of rotatable bonds is 5. The molecule has 0 spiro atoms. The number of nitrogens with zero attached hydrogens (tertiary/aromatic N) is 4. The molecule has 51 heavy (non-hydrogen) atoms. The van der Waals surface area contributed by atoms with Crippen LogP contribution in [-0.2, 0) is 22.7 Å². The van der Waals surface area contributed by atoms with E-state index in [2.05, 4.69) is 24.9 Å². The molecule has 2 aromatic heterocycles. The van der Waals surface area contributed by atoms with E-state index in [0.717, 1.165) is 22.9 Å². The van der Waals surface area contributed by atoms with Crippen LogP contribution in [0.2, 0.25) is 0 Å². The van der Waals surface area contributed by atoms with E-state index >= 15 is 0 Å². The van der Waals surface area contributed by atoms with Crippen LogP contribution in [0.15, 0.2) is 83.9 Å². The summed E-state index contributed by atoms with van der Waals surface area (Å²) in [5.41, 5.74) is 2.25. The van der Waals surface area contributed by atoms with Gasteiger partial charge in [-0.25, -0.2) is 18.1 Å². The van der Waals surface area contributed by atoms with Crippen molar-refractivity contribution in [2.75, 3.05) is 11.3 Å². The lowest BCUT2D eigenvalue weighted by Crippen LogP contribution is -2.45. The molecule has 10 nitrogen and oxygen atoms in total. The first kappa shape index (κ1) is 35.6. The Morgan fingerprint density at radius 2 is 1.63 bits per heavy atom. The molecule has 2 N–H and O–H groups in total. The van der Waals surface area contributed by atoms with E-state index in [0.29, 0.717) is 17.7 Å². The van der Waals surface area contributed by atoms with Crippen molar-refractivity contribution in [2.24, 2.45) is 5.41 Å². The number of sulfonamides is 1. The number of hydrogen-bond acceptors (Lipinski definition) is 7. The number of benzene rings is 3. The lowest BCUT2D eigenvalue weighted by Gasteiger charge is -2.36. The number of H-pyrrole nitrogens is 1. The maximum atomic E-state index is 14.6. The maximum absolute atomic E-state index is 14.6. The van der Waals surface area contributed by atoms with Crippen LogP contribution in [-0.4, -0.2) is 52.0 Å². The summed E-state index contributed by atoms with van der Waals surface area (Å²) in [6.45, 7) is 9.66. The molecule has 4 bridgehead atoms. The third-order valence-electron chi connectivity index (χ3n) is 8.60. The third-order valence-corrected chi connectivity index (χ3v) is 9.93. The Labute approximate surface area is 294 Å². The van der Waals surface area contributed by atoms with Crippen molar-refractivity contribution >= 4 is 21.9 Å². The van der Waals surface area contributed by atoms with Gasteiger partial charge in [-0.05, 0) is 66.1 Å². The Morgan fingerprint density at radius 1 is 0.922 bits per heavy atom. The van der Waals surface area contributed by atoms with Crippen molar-refractivity contribution < 1.29 is 31.1 Å². The number of amides is 1. The number of fused-ring (bicyclic) bond motifs is 4. The minimum atomic E-state index is -4.70. The average molecular weight is 719 g/mol. The first-order valence-electron chi connectivity index (χ1n) is 16.2. The Kier molecular flexibility index (Phi) is 9.40. The SMILES string of the molecule is Cc1cccc(C)c1-c1cc2nc(n1)NS(=O)(=O)c1cccc(c1)C(=O)N(Cc1ccccc1-c1cn[nH]c1C(F)(F)F)[C@H](CC(C)(C)C)CO2. The van der Waals surface area contributed by atoms with Crippen LogP contribution in [0.4, 0.5) is 19.1 Å². The third kappa shape index (κ3) is 7.75. The lowest BCUT2D eigenvalue weighted by atomic mass is 9.87. The van der Waals surface area contributed by atoms with Crippen molar-refractivity contribution in [3.8, 4) is 28.3 Å². The van der Waals surface area contributed by atoms with E-state index in [4.69, 9.17) is 4.74 Å². The largest absolute Gasteiger partial charge is 0.475 e. The van der Waals surface area contributed by atoms with E-state index in [1.165, 1.54) is 29.2 Å². The number of alkyl halides is 3. The number of aromatic amines is 1. The number of aromatic nitrogens is 4. The van der Waals surface area contributed by atoms with E-state index in [9.17, 15) is 26.4 Å². The summed E-state index contributed by atoms with van der Waals surface area (Å²) in [6.07, 6.45) is -3.17. The summed E-state index contributed by atoms with van der Waals surface area (Å²) in [7, 11) is -4.29. The lowest BCUT2D eigenvalue weighted by molar-refractivity contribution is -0.140. The fraction of sp³-hybridized carbons (Fsp3) is 0.297. The molecule has 0 saturated heterocycles. The van der Waals surface area contributed by atoms with Gasteiger partial charge in [-0.2, -0.15) is 23.3 Å². The van der Waals surface area contributed by atoms with Crippen molar-refractivity contribution in [3.63, 3.8) is 0 Å². The molecule has 14 heteroatoms. The zero-order valence-electron chi connectivity index (χ0n) is 28.7. The number of anilines is 1. The van der Waals surface area contributed by atoms with Crippen LogP contribution in [0.25, 0.3) is 22.4 Å². The van der Waals surface area contributed by atoms with Gasteiger partial charge in [-0.1, -0.05) is 69.3 Å². The highest BCUT2D eigenvalue weighted by Crippen LogP contribution is 2.38. The first-order valence-corrected chi connectivity index (χ1v) is 17.7. The summed E-state index contributed by atoms with van der Waals surface area (Å²) in [6, 6.07) is 18.8.